The van der Waals surface area contributed by atoms with Crippen LogP contribution in [0.1, 0.15) is 25.0 Å². The van der Waals surface area contributed by atoms with E-state index >= 15 is 0 Å². The molecule has 5 heteroatoms. The van der Waals surface area contributed by atoms with E-state index in [-0.39, 0.29) is 12.9 Å². The fraction of sp³-hybridized carbons (Fsp3) is 0.545. The third-order valence-electron chi connectivity index (χ3n) is 2.42. The van der Waals surface area contributed by atoms with Gasteiger partial charge >= 0.3 is 0 Å². The van der Waals surface area contributed by atoms with E-state index in [1.807, 2.05) is 0 Å². The van der Waals surface area contributed by atoms with Gasteiger partial charge in [0.05, 0.1) is 0 Å². The van der Waals surface area contributed by atoms with Crippen molar-refractivity contribution in [3.63, 3.8) is 0 Å². The van der Waals surface area contributed by atoms with Crippen LogP contribution in [-0.4, -0.2) is 18.0 Å². The van der Waals surface area contributed by atoms with Gasteiger partial charge in [0.1, 0.15) is 18.6 Å². The zero-order valence-corrected chi connectivity index (χ0v) is 8.85. The molecule has 0 amide bonds. The first-order valence-corrected chi connectivity index (χ1v) is 5.29. The van der Waals surface area contributed by atoms with Crippen LogP contribution in [0.5, 0.6) is 5.75 Å². The highest BCUT2D eigenvalue weighted by molar-refractivity contribution is 5.15. The summed E-state index contributed by atoms with van der Waals surface area (Å²) < 4.78 is 15.8. The van der Waals surface area contributed by atoms with Gasteiger partial charge in [0.2, 0.25) is 5.43 Å². The van der Waals surface area contributed by atoms with Gasteiger partial charge in [-0.2, -0.15) is 0 Å². The van der Waals surface area contributed by atoms with Crippen LogP contribution in [0.3, 0.4) is 0 Å². The summed E-state index contributed by atoms with van der Waals surface area (Å²) in [6.07, 6.45) is 3.82. The molecule has 0 unspecified atom stereocenters. The highest BCUT2D eigenvalue weighted by Gasteiger charge is 2.14. The minimum absolute atomic E-state index is 0.181. The average molecular weight is 226 g/mol. The third kappa shape index (κ3) is 2.84. The lowest BCUT2D eigenvalue weighted by Gasteiger charge is -2.22. The molecule has 0 aromatic carbocycles. The molecular weight excluding hydrogens is 212 g/mol. The second-order valence-corrected chi connectivity index (χ2v) is 3.70. The maximum Gasteiger partial charge on any atom is 0.226 e. The Balaban J connectivity index is 1.88. The van der Waals surface area contributed by atoms with Crippen molar-refractivity contribution in [1.82, 2.24) is 0 Å². The molecule has 1 aromatic heterocycles. The van der Waals surface area contributed by atoms with Crippen LogP contribution in [0, 0.1) is 0 Å². The van der Waals surface area contributed by atoms with E-state index in [9.17, 15) is 4.79 Å². The number of ether oxygens (including phenoxy) is 2. The minimum Gasteiger partial charge on any atom is -0.502 e. The maximum absolute atomic E-state index is 11.1. The molecule has 16 heavy (non-hydrogen) atoms. The molecule has 0 bridgehead atoms. The first kappa shape index (κ1) is 11.2. The zero-order chi connectivity index (χ0) is 11.4. The van der Waals surface area contributed by atoms with Crippen molar-refractivity contribution in [1.29, 1.82) is 0 Å². The van der Waals surface area contributed by atoms with E-state index in [0.717, 1.165) is 25.5 Å². The van der Waals surface area contributed by atoms with Crippen LogP contribution < -0.4 is 5.43 Å². The lowest BCUT2D eigenvalue weighted by atomic mass is 10.2. The van der Waals surface area contributed by atoms with E-state index in [1.54, 1.807) is 0 Å². The Bertz CT molecular complexity index is 392. The highest BCUT2D eigenvalue weighted by atomic mass is 16.7. The van der Waals surface area contributed by atoms with Crippen LogP contribution in [0.15, 0.2) is 21.5 Å². The molecule has 88 valence electrons. The first-order valence-electron chi connectivity index (χ1n) is 5.29. The zero-order valence-electron chi connectivity index (χ0n) is 8.85. The van der Waals surface area contributed by atoms with Gasteiger partial charge in [0, 0.05) is 12.7 Å². The molecule has 2 heterocycles. The summed E-state index contributed by atoms with van der Waals surface area (Å²) >= 11 is 0. The predicted molar refractivity (Wildman–Crippen MR) is 55.0 cm³/mol. The Morgan fingerprint density at radius 2 is 2.38 bits per heavy atom. The molecule has 1 N–H and O–H groups in total. The van der Waals surface area contributed by atoms with Crippen molar-refractivity contribution >= 4 is 0 Å². The Kier molecular flexibility index (Phi) is 3.58. The van der Waals surface area contributed by atoms with Gasteiger partial charge < -0.3 is 19.0 Å². The summed E-state index contributed by atoms with van der Waals surface area (Å²) in [6.45, 7) is 0.893. The van der Waals surface area contributed by atoms with Crippen LogP contribution in [0.4, 0.5) is 0 Å². The minimum atomic E-state index is -0.464. The molecule has 5 nitrogen and oxygen atoms in total. The third-order valence-corrected chi connectivity index (χ3v) is 2.42. The van der Waals surface area contributed by atoms with Gasteiger partial charge in [-0.15, -0.1) is 0 Å². The van der Waals surface area contributed by atoms with Crippen LogP contribution >= 0.6 is 0 Å². The molecule has 1 aromatic rings. The Labute approximate surface area is 92.6 Å². The second-order valence-electron chi connectivity index (χ2n) is 3.70. The molecule has 1 saturated heterocycles. The molecule has 1 atom stereocenters. The van der Waals surface area contributed by atoms with Crippen LogP contribution in [0.25, 0.3) is 0 Å². The van der Waals surface area contributed by atoms with Crippen LogP contribution in [0.2, 0.25) is 0 Å². The van der Waals surface area contributed by atoms with E-state index < -0.39 is 11.2 Å². The van der Waals surface area contributed by atoms with Crippen molar-refractivity contribution in [3.05, 3.63) is 28.3 Å². The van der Waals surface area contributed by atoms with Crippen molar-refractivity contribution in [2.75, 3.05) is 6.61 Å². The summed E-state index contributed by atoms with van der Waals surface area (Å²) in [5.74, 6) is -0.00496. The van der Waals surface area contributed by atoms with Gasteiger partial charge in [0.15, 0.2) is 12.0 Å². The lowest BCUT2D eigenvalue weighted by molar-refractivity contribution is -0.171. The quantitative estimate of drug-likeness (QED) is 0.843. The molecule has 2 rings (SSSR count). The largest absolute Gasteiger partial charge is 0.502 e. The van der Waals surface area contributed by atoms with Crippen molar-refractivity contribution in [2.45, 2.75) is 32.2 Å². The molecule has 1 fully saturated rings. The highest BCUT2D eigenvalue weighted by Crippen LogP contribution is 2.15. The summed E-state index contributed by atoms with van der Waals surface area (Å²) in [5.41, 5.74) is -0.464. The fourth-order valence-corrected chi connectivity index (χ4v) is 1.54. The van der Waals surface area contributed by atoms with Crippen molar-refractivity contribution < 1.29 is 19.0 Å². The Morgan fingerprint density at radius 3 is 3.06 bits per heavy atom. The summed E-state index contributed by atoms with van der Waals surface area (Å²) in [5, 5.41) is 8.99. The number of hydrogen-bond acceptors (Lipinski definition) is 5. The fourth-order valence-electron chi connectivity index (χ4n) is 1.54. The number of hydrogen-bond donors (Lipinski definition) is 1. The van der Waals surface area contributed by atoms with Gasteiger partial charge in [-0.05, 0) is 19.3 Å². The van der Waals surface area contributed by atoms with E-state index in [4.69, 9.17) is 19.0 Å². The lowest BCUT2D eigenvalue weighted by Crippen LogP contribution is -2.22. The molecule has 0 saturated carbocycles. The average Bonchev–Trinajstić information content (AvgIpc) is 2.32. The molecule has 1 aliphatic heterocycles. The standard InChI is InChI=1S/C11H14O5/c12-9-5-8(15-7-10(9)13)6-16-11-3-1-2-4-14-11/h5,7,11,13H,1-4,6H2/t11-/m1/s1. The van der Waals surface area contributed by atoms with Crippen LogP contribution in [-0.2, 0) is 16.1 Å². The summed E-state index contributed by atoms with van der Waals surface area (Å²) in [7, 11) is 0. The predicted octanol–water partition coefficient (Wildman–Crippen LogP) is 1.39. The van der Waals surface area contributed by atoms with Crippen molar-refractivity contribution in [3.8, 4) is 5.75 Å². The van der Waals surface area contributed by atoms with E-state index in [0.29, 0.717) is 12.4 Å². The van der Waals surface area contributed by atoms with E-state index in [1.165, 1.54) is 6.07 Å². The Hall–Kier alpha value is -1.33. The molecule has 0 aliphatic carbocycles. The monoisotopic (exact) mass is 226 g/mol. The summed E-state index contributed by atoms with van der Waals surface area (Å²) in [4.78, 5) is 11.1. The second kappa shape index (κ2) is 5.14. The smallest absolute Gasteiger partial charge is 0.226 e. The van der Waals surface area contributed by atoms with Crippen molar-refractivity contribution in [2.24, 2.45) is 0 Å². The number of rotatable bonds is 3. The van der Waals surface area contributed by atoms with Gasteiger partial charge in [0.25, 0.3) is 0 Å². The first-order chi connectivity index (χ1) is 7.75. The maximum atomic E-state index is 11.1. The normalized spacial score (nSPS) is 20.9. The molecule has 0 radical (unpaired) electrons. The molecule has 1 aliphatic rings. The van der Waals surface area contributed by atoms with Gasteiger partial charge in [-0.3, -0.25) is 4.79 Å². The topological polar surface area (TPSA) is 68.9 Å². The van der Waals surface area contributed by atoms with E-state index in [2.05, 4.69) is 0 Å². The van der Waals surface area contributed by atoms with Gasteiger partial charge in [-0.1, -0.05) is 0 Å². The summed E-state index contributed by atoms with van der Waals surface area (Å²) in [6, 6.07) is 1.22. The Morgan fingerprint density at radius 1 is 1.50 bits per heavy atom. The molecular formula is C11H14O5. The number of aromatic hydroxyl groups is 1. The SMILES string of the molecule is O=c1cc(CO[C@@H]2CCCCO2)occ1O. The van der Waals surface area contributed by atoms with Gasteiger partial charge in [-0.25, -0.2) is 0 Å². The molecule has 0 spiro atoms.